The second kappa shape index (κ2) is 7.48. The summed E-state index contributed by atoms with van der Waals surface area (Å²) in [5.74, 6) is 1.39. The lowest BCUT2D eigenvalue weighted by atomic mass is 10.2. The maximum atomic E-state index is 11.9. The summed E-state index contributed by atoms with van der Waals surface area (Å²) in [4.78, 5) is 1.83. The number of hydrogen-bond acceptors (Lipinski definition) is 4. The summed E-state index contributed by atoms with van der Waals surface area (Å²) in [5.41, 5.74) is 1.43. The molecule has 0 fully saturated rings. The van der Waals surface area contributed by atoms with Gasteiger partial charge in [0.2, 0.25) is 10.0 Å². The molecule has 0 heterocycles. The van der Waals surface area contributed by atoms with Crippen molar-refractivity contribution in [3.8, 4) is 11.5 Å². The van der Waals surface area contributed by atoms with E-state index in [2.05, 4.69) is 11.6 Å². The third-order valence-electron chi connectivity index (χ3n) is 3.09. The molecule has 123 valence electrons. The molecule has 0 saturated carbocycles. The van der Waals surface area contributed by atoms with Crippen LogP contribution in [0.2, 0.25) is 0 Å². The quantitative estimate of drug-likeness (QED) is 0.846. The maximum absolute atomic E-state index is 11.9. The van der Waals surface area contributed by atoms with Gasteiger partial charge in [-0.25, -0.2) is 8.42 Å². The lowest BCUT2D eigenvalue weighted by molar-refractivity contribution is 0.432. The Morgan fingerprint density at radius 1 is 1.00 bits per heavy atom. The first kappa shape index (κ1) is 17.3. The van der Waals surface area contributed by atoms with E-state index in [9.17, 15) is 8.42 Å². The van der Waals surface area contributed by atoms with Gasteiger partial charge in [-0.1, -0.05) is 12.1 Å². The van der Waals surface area contributed by atoms with Crippen molar-refractivity contribution in [3.05, 3.63) is 61.0 Å². The molecule has 2 aromatic rings. The molecule has 0 amide bonds. The smallest absolute Gasteiger partial charge is 0.233 e. The van der Waals surface area contributed by atoms with Gasteiger partial charge in [0.05, 0.1) is 5.75 Å². The first-order valence-electron chi connectivity index (χ1n) is 7.19. The van der Waals surface area contributed by atoms with Gasteiger partial charge in [-0.05, 0) is 63.0 Å². The summed E-state index contributed by atoms with van der Waals surface area (Å²) in [7, 11) is 0.327. The minimum absolute atomic E-state index is 0.0512. The van der Waals surface area contributed by atoms with Crippen LogP contribution in [0.25, 0.3) is 0 Å². The topological polar surface area (TPSA) is 58.6 Å². The molecule has 0 aliphatic heterocycles. The predicted molar refractivity (Wildman–Crippen MR) is 93.4 cm³/mol. The molecule has 5 nitrogen and oxygen atoms in total. The summed E-state index contributed by atoms with van der Waals surface area (Å²) >= 11 is 0. The fraction of sp³-hybridized carbons (Fsp3) is 0.235. The monoisotopic (exact) mass is 333 g/mol. The Bertz CT molecular complexity index is 723. The van der Waals surface area contributed by atoms with Gasteiger partial charge >= 0.3 is 0 Å². The standard InChI is InChI=1S/C17H21N2O3S/c1-14-4-8-16(9-5-14)22-17-10-6-15(7-11-17)18-23(20,21)13-12-19(2)3/h4-11,18H,1,12-13H2,2-3H3. The van der Waals surface area contributed by atoms with E-state index < -0.39 is 10.0 Å². The average molecular weight is 333 g/mol. The molecule has 0 saturated heterocycles. The van der Waals surface area contributed by atoms with Crippen LogP contribution < -0.4 is 9.46 Å². The highest BCUT2D eigenvalue weighted by atomic mass is 32.2. The Labute approximate surface area is 137 Å². The summed E-state index contributed by atoms with van der Waals surface area (Å²) in [6.45, 7) is 4.29. The van der Waals surface area contributed by atoms with E-state index in [4.69, 9.17) is 4.74 Å². The van der Waals surface area contributed by atoms with Crippen molar-refractivity contribution in [2.24, 2.45) is 0 Å². The number of nitrogens with zero attached hydrogens (tertiary/aromatic N) is 1. The van der Waals surface area contributed by atoms with E-state index in [-0.39, 0.29) is 5.75 Å². The molecule has 23 heavy (non-hydrogen) atoms. The molecule has 0 aromatic heterocycles. The molecule has 0 atom stereocenters. The highest BCUT2D eigenvalue weighted by Crippen LogP contribution is 2.23. The predicted octanol–water partition coefficient (Wildman–Crippen LogP) is 2.96. The van der Waals surface area contributed by atoms with Crippen LogP contribution in [0.15, 0.2) is 48.5 Å². The van der Waals surface area contributed by atoms with Gasteiger partial charge in [0.25, 0.3) is 0 Å². The van der Waals surface area contributed by atoms with Gasteiger partial charge in [-0.15, -0.1) is 0 Å². The Morgan fingerprint density at radius 2 is 1.52 bits per heavy atom. The van der Waals surface area contributed by atoms with Gasteiger partial charge in [0.1, 0.15) is 11.5 Å². The summed E-state index contributed by atoms with van der Waals surface area (Å²) < 4.78 is 32.1. The highest BCUT2D eigenvalue weighted by Gasteiger charge is 2.10. The number of benzene rings is 2. The van der Waals surface area contributed by atoms with Gasteiger partial charge < -0.3 is 9.64 Å². The van der Waals surface area contributed by atoms with Crippen molar-refractivity contribution >= 4 is 15.7 Å². The molecule has 0 spiro atoms. The Kier molecular flexibility index (Phi) is 5.63. The van der Waals surface area contributed by atoms with Crippen LogP contribution in [0.5, 0.6) is 11.5 Å². The fourth-order valence-corrected chi connectivity index (χ4v) is 3.02. The van der Waals surface area contributed by atoms with Gasteiger partial charge in [-0.2, -0.15) is 0 Å². The number of anilines is 1. The van der Waals surface area contributed by atoms with Crippen molar-refractivity contribution < 1.29 is 13.2 Å². The normalized spacial score (nSPS) is 11.5. The number of ether oxygens (including phenoxy) is 1. The van der Waals surface area contributed by atoms with Gasteiger partial charge in [0, 0.05) is 12.2 Å². The number of sulfonamides is 1. The van der Waals surface area contributed by atoms with Crippen LogP contribution in [0.4, 0.5) is 5.69 Å². The van der Waals surface area contributed by atoms with E-state index in [1.807, 2.05) is 43.3 Å². The molecular formula is C17H21N2O3S. The van der Waals surface area contributed by atoms with Crippen molar-refractivity contribution in [2.45, 2.75) is 0 Å². The zero-order valence-electron chi connectivity index (χ0n) is 13.3. The molecule has 0 unspecified atom stereocenters. The zero-order valence-corrected chi connectivity index (χ0v) is 14.1. The minimum Gasteiger partial charge on any atom is -0.457 e. The first-order chi connectivity index (χ1) is 10.8. The lowest BCUT2D eigenvalue weighted by Gasteiger charge is -2.12. The second-order valence-corrected chi connectivity index (χ2v) is 7.34. The molecule has 1 radical (unpaired) electrons. The number of nitrogens with one attached hydrogen (secondary N) is 1. The average Bonchev–Trinajstić information content (AvgIpc) is 2.49. The molecule has 1 N–H and O–H groups in total. The SMILES string of the molecule is [CH2]c1ccc(Oc2ccc(NS(=O)(=O)CCN(C)C)cc2)cc1. The largest absolute Gasteiger partial charge is 0.457 e. The number of rotatable bonds is 7. The summed E-state index contributed by atoms with van der Waals surface area (Å²) in [6.07, 6.45) is 0. The summed E-state index contributed by atoms with van der Waals surface area (Å²) in [5, 5.41) is 0. The van der Waals surface area contributed by atoms with Crippen molar-refractivity contribution in [3.63, 3.8) is 0 Å². The molecule has 6 heteroatoms. The van der Waals surface area contributed by atoms with Gasteiger partial charge in [-0.3, -0.25) is 4.72 Å². The Morgan fingerprint density at radius 3 is 2.04 bits per heavy atom. The Hall–Kier alpha value is -2.05. The van der Waals surface area contributed by atoms with Crippen LogP contribution in [0.3, 0.4) is 0 Å². The van der Waals surface area contributed by atoms with E-state index in [1.165, 1.54) is 0 Å². The number of hydrogen-bond donors (Lipinski definition) is 1. The lowest BCUT2D eigenvalue weighted by Crippen LogP contribution is -2.26. The fourth-order valence-electron chi connectivity index (χ4n) is 1.82. The van der Waals surface area contributed by atoms with Crippen LogP contribution >= 0.6 is 0 Å². The molecule has 0 bridgehead atoms. The van der Waals surface area contributed by atoms with Crippen molar-refractivity contribution in [1.82, 2.24) is 4.90 Å². The first-order valence-corrected chi connectivity index (χ1v) is 8.84. The highest BCUT2D eigenvalue weighted by molar-refractivity contribution is 7.92. The minimum atomic E-state index is -3.35. The van der Waals surface area contributed by atoms with E-state index >= 15 is 0 Å². The van der Waals surface area contributed by atoms with Crippen LogP contribution in [0.1, 0.15) is 5.56 Å². The van der Waals surface area contributed by atoms with Crippen LogP contribution in [-0.2, 0) is 10.0 Å². The van der Waals surface area contributed by atoms with Crippen LogP contribution in [0, 0.1) is 6.92 Å². The summed E-state index contributed by atoms with van der Waals surface area (Å²) in [6, 6.07) is 14.2. The second-order valence-electron chi connectivity index (χ2n) is 5.49. The molecular weight excluding hydrogens is 312 g/mol. The Balaban J connectivity index is 1.97. The third-order valence-corrected chi connectivity index (χ3v) is 4.36. The molecule has 2 aromatic carbocycles. The third kappa shape index (κ3) is 5.92. The maximum Gasteiger partial charge on any atom is 0.233 e. The van der Waals surface area contributed by atoms with Crippen molar-refractivity contribution in [2.75, 3.05) is 31.1 Å². The van der Waals surface area contributed by atoms with Crippen molar-refractivity contribution in [1.29, 1.82) is 0 Å². The van der Waals surface area contributed by atoms with Gasteiger partial charge in [0.15, 0.2) is 0 Å². The van der Waals surface area contributed by atoms with E-state index in [0.717, 1.165) is 5.56 Å². The molecule has 2 rings (SSSR count). The zero-order chi connectivity index (χ0) is 16.9. The van der Waals surface area contributed by atoms with E-state index in [1.54, 1.807) is 24.3 Å². The molecule has 0 aliphatic rings. The van der Waals surface area contributed by atoms with Crippen LogP contribution in [-0.4, -0.2) is 39.7 Å². The molecule has 0 aliphatic carbocycles. The van der Waals surface area contributed by atoms with E-state index in [0.29, 0.717) is 23.7 Å².